The highest BCUT2D eigenvalue weighted by Gasteiger charge is 2.09. The van der Waals surface area contributed by atoms with Crippen LogP contribution < -0.4 is 0 Å². The number of aryl methyl sites for hydroxylation is 1. The number of hydrogen-bond acceptors (Lipinski definition) is 1. The molecular weight excluding hydrogens is 162 g/mol. The monoisotopic (exact) mass is 168 g/mol. The van der Waals surface area contributed by atoms with Crippen LogP contribution in [0.2, 0.25) is 0 Å². The zero-order valence-electron chi connectivity index (χ0n) is 6.38. The first kappa shape index (κ1) is 7.21. The van der Waals surface area contributed by atoms with Crippen molar-refractivity contribution in [2.75, 3.05) is 0 Å². The Hall–Kier alpha value is -1.45. The lowest BCUT2D eigenvalue weighted by Crippen LogP contribution is -1.90. The van der Waals surface area contributed by atoms with E-state index in [9.17, 15) is 8.78 Å². The fraction of sp³-hybridized carbons (Fsp3) is 0.125. The lowest BCUT2D eigenvalue weighted by Gasteiger charge is -1.92. The van der Waals surface area contributed by atoms with Gasteiger partial charge in [-0.25, -0.2) is 4.39 Å². The average Bonchev–Trinajstić information content (AvgIpc) is 2.32. The third-order valence-corrected chi connectivity index (χ3v) is 1.81. The molecule has 0 radical (unpaired) electrons. The van der Waals surface area contributed by atoms with Gasteiger partial charge in [0.15, 0.2) is 5.82 Å². The summed E-state index contributed by atoms with van der Waals surface area (Å²) in [6.07, 6.45) is -0.671. The molecule has 62 valence electrons. The number of rotatable bonds is 0. The number of para-hydroxylation sites is 1. The Morgan fingerprint density at radius 3 is 2.75 bits per heavy atom. The highest BCUT2D eigenvalue weighted by atomic mass is 19.1. The first-order chi connectivity index (χ1) is 5.70. The molecule has 12 heavy (non-hydrogen) atoms. The van der Waals surface area contributed by atoms with Gasteiger partial charge in [-0.1, -0.05) is 6.07 Å². The van der Waals surface area contributed by atoms with Crippen LogP contribution >= 0.6 is 0 Å². The molecule has 1 heterocycles. The van der Waals surface area contributed by atoms with Crippen molar-refractivity contribution < 1.29 is 8.78 Å². The van der Waals surface area contributed by atoms with Gasteiger partial charge in [0, 0.05) is 7.05 Å². The van der Waals surface area contributed by atoms with Crippen molar-refractivity contribution in [3.05, 3.63) is 30.1 Å². The minimum atomic E-state index is -0.671. The molecule has 0 N–H and O–H groups in total. The van der Waals surface area contributed by atoms with Gasteiger partial charge in [-0.3, -0.25) is 0 Å². The van der Waals surface area contributed by atoms with Gasteiger partial charge in [-0.2, -0.15) is 9.37 Å². The van der Waals surface area contributed by atoms with Gasteiger partial charge in [0.1, 0.15) is 5.52 Å². The molecular formula is C8H6F2N2. The topological polar surface area (TPSA) is 17.8 Å². The van der Waals surface area contributed by atoms with E-state index in [1.54, 1.807) is 6.07 Å². The van der Waals surface area contributed by atoms with Crippen LogP contribution in [0.25, 0.3) is 11.0 Å². The van der Waals surface area contributed by atoms with Crippen molar-refractivity contribution in [2.45, 2.75) is 0 Å². The normalized spacial score (nSPS) is 10.9. The predicted octanol–water partition coefficient (Wildman–Crippen LogP) is 1.85. The Kier molecular flexibility index (Phi) is 1.36. The maximum absolute atomic E-state index is 12.9. The summed E-state index contributed by atoms with van der Waals surface area (Å²) in [6.45, 7) is 0. The van der Waals surface area contributed by atoms with Crippen LogP contribution in [0.4, 0.5) is 8.78 Å². The second kappa shape index (κ2) is 2.27. The summed E-state index contributed by atoms with van der Waals surface area (Å²) < 4.78 is 26.9. The number of imidazole rings is 1. The number of fused-ring (bicyclic) bond motifs is 1. The van der Waals surface area contributed by atoms with E-state index in [0.717, 1.165) is 0 Å². The predicted molar refractivity (Wildman–Crippen MR) is 40.6 cm³/mol. The fourth-order valence-electron chi connectivity index (χ4n) is 1.15. The smallest absolute Gasteiger partial charge is 0.290 e. The lowest BCUT2D eigenvalue weighted by molar-refractivity contribution is 0.506. The Balaban J connectivity index is 2.95. The molecule has 0 aliphatic carbocycles. The SMILES string of the molecule is Cn1c(F)nc2c(F)cccc21. The molecule has 0 bridgehead atoms. The first-order valence-electron chi connectivity index (χ1n) is 3.46. The van der Waals surface area contributed by atoms with Crippen LogP contribution in [0, 0.1) is 11.9 Å². The minimum Gasteiger partial charge on any atom is -0.303 e. The van der Waals surface area contributed by atoms with Gasteiger partial charge < -0.3 is 4.57 Å². The van der Waals surface area contributed by atoms with E-state index in [0.29, 0.717) is 5.52 Å². The van der Waals surface area contributed by atoms with Crippen LogP contribution in [0.5, 0.6) is 0 Å². The molecule has 0 aliphatic rings. The molecule has 0 saturated heterocycles. The van der Waals surface area contributed by atoms with E-state index < -0.39 is 11.9 Å². The van der Waals surface area contributed by atoms with E-state index in [-0.39, 0.29) is 5.52 Å². The van der Waals surface area contributed by atoms with Crippen LogP contribution in [0.1, 0.15) is 0 Å². The Bertz CT molecular complexity index is 434. The molecule has 0 atom stereocenters. The zero-order chi connectivity index (χ0) is 8.72. The summed E-state index contributed by atoms with van der Waals surface area (Å²) in [5.41, 5.74) is 0.546. The summed E-state index contributed by atoms with van der Waals surface area (Å²) in [7, 11) is 1.50. The third kappa shape index (κ3) is 0.809. The molecule has 1 aromatic carbocycles. The molecule has 4 heteroatoms. The van der Waals surface area contributed by atoms with Crippen LogP contribution in [-0.2, 0) is 7.05 Å². The number of halogens is 2. The largest absolute Gasteiger partial charge is 0.303 e. The number of hydrogen-bond donors (Lipinski definition) is 0. The molecule has 0 unspecified atom stereocenters. The van der Waals surface area contributed by atoms with E-state index in [1.165, 1.54) is 23.7 Å². The van der Waals surface area contributed by atoms with Crippen LogP contribution in [-0.4, -0.2) is 9.55 Å². The van der Waals surface area contributed by atoms with Gasteiger partial charge in [0.2, 0.25) is 0 Å². The van der Waals surface area contributed by atoms with Crippen molar-refractivity contribution in [1.82, 2.24) is 9.55 Å². The third-order valence-electron chi connectivity index (χ3n) is 1.81. The van der Waals surface area contributed by atoms with Crippen LogP contribution in [0.15, 0.2) is 18.2 Å². The van der Waals surface area contributed by atoms with Gasteiger partial charge in [0.05, 0.1) is 5.52 Å². The van der Waals surface area contributed by atoms with E-state index in [1.807, 2.05) is 0 Å². The molecule has 0 aliphatic heterocycles. The minimum absolute atomic E-state index is 0.0810. The summed E-state index contributed by atoms with van der Waals surface area (Å²) in [5, 5.41) is 0. The van der Waals surface area contributed by atoms with Gasteiger partial charge in [0.25, 0.3) is 6.08 Å². The Morgan fingerprint density at radius 1 is 1.33 bits per heavy atom. The standard InChI is InChI=1S/C8H6F2N2/c1-12-6-4-2-3-5(9)7(6)11-8(12)10/h2-4H,1H3. The van der Waals surface area contributed by atoms with E-state index in [4.69, 9.17) is 0 Å². The summed E-state index contributed by atoms with van der Waals surface area (Å²) in [6, 6.07) is 4.40. The van der Waals surface area contributed by atoms with Gasteiger partial charge in [-0.05, 0) is 12.1 Å². The van der Waals surface area contributed by atoms with Crippen molar-refractivity contribution in [2.24, 2.45) is 7.05 Å². The first-order valence-corrected chi connectivity index (χ1v) is 3.46. The zero-order valence-corrected chi connectivity index (χ0v) is 6.38. The molecule has 1 aromatic heterocycles. The molecule has 0 fully saturated rings. The highest BCUT2D eigenvalue weighted by molar-refractivity contribution is 5.75. The molecule has 2 aromatic rings. The van der Waals surface area contributed by atoms with Crippen molar-refractivity contribution >= 4 is 11.0 Å². The summed E-state index contributed by atoms with van der Waals surface area (Å²) >= 11 is 0. The fourth-order valence-corrected chi connectivity index (χ4v) is 1.15. The second-order valence-corrected chi connectivity index (χ2v) is 2.55. The van der Waals surface area contributed by atoms with Crippen molar-refractivity contribution in [1.29, 1.82) is 0 Å². The van der Waals surface area contributed by atoms with E-state index >= 15 is 0 Å². The molecule has 0 spiro atoms. The molecule has 2 nitrogen and oxygen atoms in total. The Morgan fingerprint density at radius 2 is 2.08 bits per heavy atom. The average molecular weight is 168 g/mol. The highest BCUT2D eigenvalue weighted by Crippen LogP contribution is 2.16. The Labute approximate surface area is 67.4 Å². The maximum Gasteiger partial charge on any atom is 0.290 e. The van der Waals surface area contributed by atoms with Gasteiger partial charge >= 0.3 is 0 Å². The molecule has 0 amide bonds. The number of aromatic nitrogens is 2. The summed E-state index contributed by atoms with van der Waals surface area (Å²) in [5.74, 6) is -0.494. The summed E-state index contributed by atoms with van der Waals surface area (Å²) in [4.78, 5) is 3.43. The van der Waals surface area contributed by atoms with Gasteiger partial charge in [-0.15, -0.1) is 0 Å². The lowest BCUT2D eigenvalue weighted by atomic mass is 10.3. The number of benzene rings is 1. The maximum atomic E-state index is 12.9. The van der Waals surface area contributed by atoms with E-state index in [2.05, 4.69) is 4.98 Å². The number of nitrogens with zero attached hydrogens (tertiary/aromatic N) is 2. The van der Waals surface area contributed by atoms with Crippen LogP contribution in [0.3, 0.4) is 0 Å². The van der Waals surface area contributed by atoms with Crippen molar-refractivity contribution in [3.8, 4) is 0 Å². The molecule has 0 saturated carbocycles. The quantitative estimate of drug-likeness (QED) is 0.587. The van der Waals surface area contributed by atoms with Crippen molar-refractivity contribution in [3.63, 3.8) is 0 Å². The second-order valence-electron chi connectivity index (χ2n) is 2.55. The molecule has 2 rings (SSSR count).